The summed E-state index contributed by atoms with van der Waals surface area (Å²) in [6.45, 7) is 0.997. The Morgan fingerprint density at radius 2 is 1.60 bits per heavy atom. The Kier molecular flexibility index (Phi) is 7.70. The Balaban J connectivity index is 1.30. The van der Waals surface area contributed by atoms with Crippen molar-refractivity contribution < 1.29 is 24.2 Å². The van der Waals surface area contributed by atoms with Crippen molar-refractivity contribution in [3.63, 3.8) is 0 Å². The molecular formula is C27H33N3O5. The van der Waals surface area contributed by atoms with Gasteiger partial charge < -0.3 is 25.4 Å². The van der Waals surface area contributed by atoms with Gasteiger partial charge in [0.25, 0.3) is 0 Å². The summed E-state index contributed by atoms with van der Waals surface area (Å²) in [6, 6.07) is 15.5. The van der Waals surface area contributed by atoms with Crippen LogP contribution in [0.3, 0.4) is 0 Å². The number of carboxylic acids is 1. The van der Waals surface area contributed by atoms with Gasteiger partial charge in [-0.2, -0.15) is 0 Å². The minimum atomic E-state index is -0.782. The van der Waals surface area contributed by atoms with E-state index >= 15 is 0 Å². The van der Waals surface area contributed by atoms with Crippen LogP contribution in [-0.4, -0.2) is 67.8 Å². The molecule has 1 unspecified atom stereocenters. The van der Waals surface area contributed by atoms with Crippen LogP contribution >= 0.6 is 0 Å². The number of carbonyl (C=O) groups excluding carboxylic acids is 2. The predicted octanol–water partition coefficient (Wildman–Crippen LogP) is 3.07. The molecule has 2 aromatic carbocycles. The second kappa shape index (κ2) is 10.9. The smallest absolute Gasteiger partial charge is 0.407 e. The third-order valence-electron chi connectivity index (χ3n) is 6.86. The summed E-state index contributed by atoms with van der Waals surface area (Å²) < 4.78 is 5.61. The molecule has 2 aliphatic rings. The first-order chi connectivity index (χ1) is 16.8. The van der Waals surface area contributed by atoms with E-state index in [9.17, 15) is 14.4 Å². The van der Waals surface area contributed by atoms with E-state index in [1.165, 1.54) is 0 Å². The van der Waals surface area contributed by atoms with Crippen LogP contribution in [-0.2, 0) is 14.3 Å². The maximum absolute atomic E-state index is 12.8. The molecule has 0 saturated heterocycles. The molecule has 0 heterocycles. The van der Waals surface area contributed by atoms with E-state index in [-0.39, 0.29) is 36.7 Å². The normalized spacial score (nSPS) is 19.3. The highest BCUT2D eigenvalue weighted by molar-refractivity contribution is 5.86. The fourth-order valence-electron chi connectivity index (χ4n) is 5.16. The zero-order valence-corrected chi connectivity index (χ0v) is 20.2. The van der Waals surface area contributed by atoms with Gasteiger partial charge in [-0.15, -0.1) is 0 Å². The van der Waals surface area contributed by atoms with Gasteiger partial charge in [-0.3, -0.25) is 9.59 Å². The maximum Gasteiger partial charge on any atom is 0.407 e. The van der Waals surface area contributed by atoms with Gasteiger partial charge in [0.2, 0.25) is 5.91 Å². The second-order valence-corrected chi connectivity index (χ2v) is 9.83. The maximum atomic E-state index is 12.8. The van der Waals surface area contributed by atoms with Gasteiger partial charge in [0.15, 0.2) is 0 Å². The third-order valence-corrected chi connectivity index (χ3v) is 6.86. The molecule has 2 aromatic rings. The van der Waals surface area contributed by atoms with Crippen molar-refractivity contribution in [1.29, 1.82) is 0 Å². The number of likely N-dealkylation sites (N-methyl/N-ethyl adjacent to an activating group) is 1. The van der Waals surface area contributed by atoms with E-state index in [4.69, 9.17) is 9.84 Å². The molecule has 35 heavy (non-hydrogen) atoms. The molecule has 0 aliphatic heterocycles. The van der Waals surface area contributed by atoms with E-state index in [2.05, 4.69) is 34.9 Å². The highest BCUT2D eigenvalue weighted by Gasteiger charge is 2.32. The summed E-state index contributed by atoms with van der Waals surface area (Å²) in [5.41, 5.74) is 4.57. The van der Waals surface area contributed by atoms with E-state index in [1.54, 1.807) is 0 Å². The SMILES string of the molecule is CN(C)CC(NC(=O)OCC1c2ccccc2-c2ccccc21)C(=O)NCC1CC(CC(=O)O)C1. The van der Waals surface area contributed by atoms with Crippen molar-refractivity contribution in [3.8, 4) is 11.1 Å². The number of nitrogens with one attached hydrogen (secondary N) is 2. The fourth-order valence-corrected chi connectivity index (χ4v) is 5.16. The fraction of sp³-hybridized carbons (Fsp3) is 0.444. The zero-order chi connectivity index (χ0) is 24.9. The minimum Gasteiger partial charge on any atom is -0.481 e. The van der Waals surface area contributed by atoms with Crippen molar-refractivity contribution in [3.05, 3.63) is 59.7 Å². The number of rotatable bonds is 10. The molecule has 0 aromatic heterocycles. The lowest BCUT2D eigenvalue weighted by Crippen LogP contribution is -2.53. The number of benzene rings is 2. The molecule has 0 spiro atoms. The van der Waals surface area contributed by atoms with E-state index < -0.39 is 18.1 Å². The monoisotopic (exact) mass is 479 g/mol. The van der Waals surface area contributed by atoms with Crippen LogP contribution in [0.2, 0.25) is 0 Å². The number of ether oxygens (including phenoxy) is 1. The van der Waals surface area contributed by atoms with Crippen LogP contribution in [0.15, 0.2) is 48.5 Å². The first-order valence-corrected chi connectivity index (χ1v) is 12.1. The van der Waals surface area contributed by atoms with E-state index in [1.807, 2.05) is 43.3 Å². The van der Waals surface area contributed by atoms with Crippen LogP contribution in [0.1, 0.15) is 36.3 Å². The quantitative estimate of drug-likeness (QED) is 0.483. The number of amides is 2. The van der Waals surface area contributed by atoms with Gasteiger partial charge in [0.1, 0.15) is 12.6 Å². The average Bonchev–Trinajstić information content (AvgIpc) is 3.11. The molecule has 8 heteroatoms. The molecule has 1 fully saturated rings. The first-order valence-electron chi connectivity index (χ1n) is 12.1. The lowest BCUT2D eigenvalue weighted by atomic mass is 9.73. The third kappa shape index (κ3) is 6.00. The average molecular weight is 480 g/mol. The molecule has 1 saturated carbocycles. The van der Waals surface area contributed by atoms with Gasteiger partial charge in [-0.05, 0) is 61.0 Å². The van der Waals surface area contributed by atoms with Crippen LogP contribution in [0, 0.1) is 11.8 Å². The predicted molar refractivity (Wildman–Crippen MR) is 132 cm³/mol. The molecule has 186 valence electrons. The van der Waals surface area contributed by atoms with Crippen molar-refractivity contribution in [2.75, 3.05) is 33.8 Å². The Hall–Kier alpha value is -3.39. The summed E-state index contributed by atoms with van der Waals surface area (Å²) >= 11 is 0. The van der Waals surface area contributed by atoms with Gasteiger partial charge in [-0.25, -0.2) is 4.79 Å². The number of aliphatic carboxylic acids is 1. The van der Waals surface area contributed by atoms with E-state index in [0.29, 0.717) is 13.1 Å². The van der Waals surface area contributed by atoms with Gasteiger partial charge >= 0.3 is 12.1 Å². The van der Waals surface area contributed by atoms with Gasteiger partial charge in [0, 0.05) is 25.4 Å². The van der Waals surface area contributed by atoms with Crippen LogP contribution in [0.5, 0.6) is 0 Å². The largest absolute Gasteiger partial charge is 0.481 e. The molecule has 0 bridgehead atoms. The molecule has 2 amide bonds. The molecule has 4 rings (SSSR count). The highest BCUT2D eigenvalue weighted by Crippen LogP contribution is 2.44. The molecular weight excluding hydrogens is 446 g/mol. The van der Waals surface area contributed by atoms with E-state index in [0.717, 1.165) is 35.1 Å². The van der Waals surface area contributed by atoms with Crippen LogP contribution in [0.4, 0.5) is 4.79 Å². The topological polar surface area (TPSA) is 108 Å². The Morgan fingerprint density at radius 3 is 2.17 bits per heavy atom. The number of alkyl carbamates (subject to hydrolysis) is 1. The molecule has 0 radical (unpaired) electrons. The lowest BCUT2D eigenvalue weighted by Gasteiger charge is -2.35. The first kappa shape index (κ1) is 24.7. The summed E-state index contributed by atoms with van der Waals surface area (Å²) in [4.78, 5) is 38.1. The Bertz CT molecular complexity index is 1030. The summed E-state index contributed by atoms with van der Waals surface area (Å²) in [5.74, 6) is -0.639. The minimum absolute atomic E-state index is 0.0494. The van der Waals surface area contributed by atoms with Gasteiger partial charge in [0.05, 0.1) is 0 Å². The Labute approximate surface area is 205 Å². The summed E-state index contributed by atoms with van der Waals surface area (Å²) in [5, 5.41) is 14.5. The second-order valence-electron chi connectivity index (χ2n) is 9.83. The Morgan fingerprint density at radius 1 is 1.00 bits per heavy atom. The lowest BCUT2D eigenvalue weighted by molar-refractivity contribution is -0.139. The summed E-state index contributed by atoms with van der Waals surface area (Å²) in [6.07, 6.45) is 1.14. The molecule has 3 N–H and O–H groups in total. The number of fused-ring (bicyclic) bond motifs is 3. The molecule has 2 aliphatic carbocycles. The van der Waals surface area contributed by atoms with Crippen molar-refractivity contribution >= 4 is 18.0 Å². The van der Waals surface area contributed by atoms with Gasteiger partial charge in [-0.1, -0.05) is 48.5 Å². The number of carbonyl (C=O) groups is 3. The number of nitrogens with zero attached hydrogens (tertiary/aromatic N) is 1. The van der Waals surface area contributed by atoms with Crippen molar-refractivity contribution in [2.24, 2.45) is 11.8 Å². The molecule has 1 atom stereocenters. The highest BCUT2D eigenvalue weighted by atomic mass is 16.5. The van der Waals surface area contributed by atoms with Crippen molar-refractivity contribution in [1.82, 2.24) is 15.5 Å². The standard InChI is InChI=1S/C27H33N3O5/c1-30(2)15-24(26(33)28-14-18-11-17(12-18)13-25(31)32)29-27(34)35-16-23-21-9-5-3-7-19(21)20-8-4-6-10-22(20)23/h3-10,17-18,23-24H,11-16H2,1-2H3,(H,28,33)(H,29,34)(H,31,32). The number of carboxylic acid groups (broad SMARTS) is 1. The number of hydrogen-bond acceptors (Lipinski definition) is 5. The summed E-state index contributed by atoms with van der Waals surface area (Å²) in [7, 11) is 3.67. The molecule has 8 nitrogen and oxygen atoms in total. The van der Waals surface area contributed by atoms with Crippen LogP contribution < -0.4 is 10.6 Å². The van der Waals surface area contributed by atoms with Crippen LogP contribution in [0.25, 0.3) is 11.1 Å². The zero-order valence-electron chi connectivity index (χ0n) is 20.2. The van der Waals surface area contributed by atoms with Crippen molar-refractivity contribution in [2.45, 2.75) is 31.2 Å². The number of hydrogen-bond donors (Lipinski definition) is 3.